The highest BCUT2D eigenvalue weighted by Gasteiger charge is 2.04. The van der Waals surface area contributed by atoms with Crippen LogP contribution < -0.4 is 5.32 Å². The summed E-state index contributed by atoms with van der Waals surface area (Å²) in [7, 11) is -0.771. The average molecular weight is 247 g/mol. The van der Waals surface area contributed by atoms with E-state index in [2.05, 4.69) is 10.3 Å². The fourth-order valence-electron chi connectivity index (χ4n) is 1.05. The van der Waals surface area contributed by atoms with E-state index in [4.69, 9.17) is 11.6 Å². The molecule has 1 aromatic rings. The van der Waals surface area contributed by atoms with Crippen LogP contribution in [-0.2, 0) is 17.3 Å². The molecule has 0 aliphatic rings. The Morgan fingerprint density at radius 1 is 1.60 bits per heavy atom. The molecular formula is C10H15ClN2OS. The lowest BCUT2D eigenvalue weighted by molar-refractivity contribution is 0.646. The Labute approximate surface area is 97.7 Å². The molecule has 0 aliphatic carbocycles. The Kier molecular flexibility index (Phi) is 5.22. The van der Waals surface area contributed by atoms with Crippen molar-refractivity contribution in [1.82, 2.24) is 10.3 Å². The van der Waals surface area contributed by atoms with Gasteiger partial charge < -0.3 is 5.32 Å². The summed E-state index contributed by atoms with van der Waals surface area (Å²) in [5.74, 6) is 0. The summed E-state index contributed by atoms with van der Waals surface area (Å²) >= 11 is 5.67. The van der Waals surface area contributed by atoms with Crippen LogP contribution in [0.1, 0.15) is 12.5 Å². The molecule has 0 radical (unpaired) electrons. The highest BCUT2D eigenvalue weighted by Crippen LogP contribution is 2.04. The normalized spacial score (nSPS) is 14.9. The maximum atomic E-state index is 11.1. The first kappa shape index (κ1) is 12.6. The molecule has 84 valence electrons. The molecule has 2 atom stereocenters. The van der Waals surface area contributed by atoms with Crippen molar-refractivity contribution in [2.45, 2.75) is 18.7 Å². The molecule has 0 fully saturated rings. The minimum atomic E-state index is -0.771. The predicted octanol–water partition coefficient (Wildman–Crippen LogP) is 1.59. The molecule has 0 aromatic carbocycles. The van der Waals surface area contributed by atoms with Crippen LogP contribution in [0.15, 0.2) is 18.3 Å². The highest BCUT2D eigenvalue weighted by molar-refractivity contribution is 7.84. The van der Waals surface area contributed by atoms with E-state index >= 15 is 0 Å². The first-order valence-electron chi connectivity index (χ1n) is 4.73. The summed E-state index contributed by atoms with van der Waals surface area (Å²) in [6, 6.07) is 3.69. The fourth-order valence-corrected chi connectivity index (χ4v) is 1.51. The molecule has 0 bridgehead atoms. The van der Waals surface area contributed by atoms with Crippen molar-refractivity contribution in [2.75, 3.05) is 12.8 Å². The maximum Gasteiger partial charge on any atom is 0.129 e. The van der Waals surface area contributed by atoms with Crippen molar-refractivity contribution in [1.29, 1.82) is 0 Å². The summed E-state index contributed by atoms with van der Waals surface area (Å²) in [6.07, 6.45) is 3.46. The molecule has 2 unspecified atom stereocenters. The van der Waals surface area contributed by atoms with Gasteiger partial charge in [0.2, 0.25) is 0 Å². The third-order valence-corrected chi connectivity index (χ3v) is 3.64. The van der Waals surface area contributed by atoms with Crippen molar-refractivity contribution in [2.24, 2.45) is 0 Å². The molecule has 1 N–H and O–H groups in total. The summed E-state index contributed by atoms with van der Waals surface area (Å²) in [5.41, 5.74) is 1.08. The number of pyridine rings is 1. The van der Waals surface area contributed by atoms with Crippen LogP contribution in [0.2, 0.25) is 5.15 Å². The zero-order valence-electron chi connectivity index (χ0n) is 8.87. The molecule has 1 heterocycles. The van der Waals surface area contributed by atoms with Crippen molar-refractivity contribution in [3.63, 3.8) is 0 Å². The first-order chi connectivity index (χ1) is 7.09. The van der Waals surface area contributed by atoms with E-state index in [-0.39, 0.29) is 5.25 Å². The molecule has 0 saturated carbocycles. The second-order valence-electron chi connectivity index (χ2n) is 3.43. The Morgan fingerprint density at radius 2 is 2.33 bits per heavy atom. The van der Waals surface area contributed by atoms with Gasteiger partial charge in [-0.25, -0.2) is 4.98 Å². The van der Waals surface area contributed by atoms with Crippen LogP contribution in [-0.4, -0.2) is 27.2 Å². The molecule has 3 nitrogen and oxygen atoms in total. The fraction of sp³-hybridized carbons (Fsp3) is 0.500. The zero-order valence-corrected chi connectivity index (χ0v) is 10.4. The highest BCUT2D eigenvalue weighted by atomic mass is 35.5. The molecule has 15 heavy (non-hydrogen) atoms. The van der Waals surface area contributed by atoms with E-state index in [1.165, 1.54) is 0 Å². The van der Waals surface area contributed by atoms with E-state index in [0.717, 1.165) is 18.7 Å². The number of nitrogens with one attached hydrogen (secondary N) is 1. The molecule has 1 aromatic heterocycles. The third-order valence-electron chi connectivity index (χ3n) is 2.12. The van der Waals surface area contributed by atoms with Gasteiger partial charge in [-0.05, 0) is 18.6 Å². The Morgan fingerprint density at radius 3 is 2.87 bits per heavy atom. The van der Waals surface area contributed by atoms with Crippen LogP contribution >= 0.6 is 11.6 Å². The standard InChI is InChI=1S/C10H15ClN2OS/c1-8(15(2)14)5-12-6-9-3-4-10(11)13-7-9/h3-4,7-8,12H,5-6H2,1-2H3. The Hall–Kier alpha value is -0.450. The van der Waals surface area contributed by atoms with Gasteiger partial charge in [0.25, 0.3) is 0 Å². The maximum absolute atomic E-state index is 11.1. The van der Waals surface area contributed by atoms with E-state index < -0.39 is 10.8 Å². The number of nitrogens with zero attached hydrogens (tertiary/aromatic N) is 1. The van der Waals surface area contributed by atoms with Gasteiger partial charge in [-0.3, -0.25) is 4.21 Å². The lowest BCUT2D eigenvalue weighted by Crippen LogP contribution is -2.27. The molecule has 1 rings (SSSR count). The quantitative estimate of drug-likeness (QED) is 0.803. The molecule has 5 heteroatoms. The van der Waals surface area contributed by atoms with E-state index in [9.17, 15) is 4.21 Å². The van der Waals surface area contributed by atoms with Gasteiger partial charge >= 0.3 is 0 Å². The Balaban J connectivity index is 2.32. The third kappa shape index (κ3) is 4.73. The van der Waals surface area contributed by atoms with Crippen molar-refractivity contribution >= 4 is 22.4 Å². The molecule has 0 saturated heterocycles. The lowest BCUT2D eigenvalue weighted by Gasteiger charge is -2.09. The van der Waals surface area contributed by atoms with E-state index in [1.807, 2.05) is 13.0 Å². The van der Waals surface area contributed by atoms with Crippen LogP contribution in [0.3, 0.4) is 0 Å². The smallest absolute Gasteiger partial charge is 0.129 e. The molecule has 0 amide bonds. The van der Waals surface area contributed by atoms with Crippen molar-refractivity contribution < 1.29 is 4.21 Å². The topological polar surface area (TPSA) is 42.0 Å². The monoisotopic (exact) mass is 246 g/mol. The minimum Gasteiger partial charge on any atom is -0.311 e. The number of hydrogen-bond donors (Lipinski definition) is 1. The summed E-state index contributed by atoms with van der Waals surface area (Å²) in [4.78, 5) is 3.98. The molecule has 0 aliphatic heterocycles. The lowest BCUT2D eigenvalue weighted by atomic mass is 10.3. The van der Waals surface area contributed by atoms with Gasteiger partial charge in [-0.15, -0.1) is 0 Å². The SMILES string of the molecule is CC(CNCc1ccc(Cl)nc1)S(C)=O. The van der Waals surface area contributed by atoms with Crippen LogP contribution in [0, 0.1) is 0 Å². The second kappa shape index (κ2) is 6.20. The summed E-state index contributed by atoms with van der Waals surface area (Å²) < 4.78 is 11.1. The van der Waals surface area contributed by atoms with Crippen molar-refractivity contribution in [3.8, 4) is 0 Å². The van der Waals surface area contributed by atoms with Gasteiger partial charge in [0.05, 0.1) is 0 Å². The predicted molar refractivity (Wildman–Crippen MR) is 64.5 cm³/mol. The van der Waals surface area contributed by atoms with Crippen LogP contribution in [0.25, 0.3) is 0 Å². The number of aromatic nitrogens is 1. The Bertz CT molecular complexity index is 329. The van der Waals surface area contributed by atoms with Gasteiger partial charge in [0, 0.05) is 41.6 Å². The van der Waals surface area contributed by atoms with Gasteiger partial charge in [-0.2, -0.15) is 0 Å². The van der Waals surface area contributed by atoms with Gasteiger partial charge in [0.15, 0.2) is 0 Å². The number of halogens is 1. The minimum absolute atomic E-state index is 0.172. The van der Waals surface area contributed by atoms with Crippen LogP contribution in [0.5, 0.6) is 0 Å². The van der Waals surface area contributed by atoms with Crippen LogP contribution in [0.4, 0.5) is 0 Å². The number of hydrogen-bond acceptors (Lipinski definition) is 3. The van der Waals surface area contributed by atoms with Gasteiger partial charge in [0.1, 0.15) is 5.15 Å². The molecule has 0 spiro atoms. The van der Waals surface area contributed by atoms with E-state index in [1.54, 1.807) is 18.5 Å². The van der Waals surface area contributed by atoms with E-state index in [0.29, 0.717) is 5.15 Å². The molecular weight excluding hydrogens is 232 g/mol. The number of rotatable bonds is 5. The average Bonchev–Trinajstić information content (AvgIpc) is 2.20. The zero-order chi connectivity index (χ0) is 11.3. The second-order valence-corrected chi connectivity index (χ2v) is 5.62. The largest absolute Gasteiger partial charge is 0.311 e. The first-order valence-corrected chi connectivity index (χ1v) is 6.73. The summed E-state index contributed by atoms with van der Waals surface area (Å²) in [5, 5.41) is 3.90. The van der Waals surface area contributed by atoms with Crippen molar-refractivity contribution in [3.05, 3.63) is 29.0 Å². The summed E-state index contributed by atoms with van der Waals surface area (Å²) in [6.45, 7) is 3.43. The van der Waals surface area contributed by atoms with Gasteiger partial charge in [-0.1, -0.05) is 17.7 Å².